The van der Waals surface area contributed by atoms with Gasteiger partial charge in [0.15, 0.2) is 0 Å². The topological polar surface area (TPSA) is 8.17 Å². The van der Waals surface area contributed by atoms with Gasteiger partial charge in [0.2, 0.25) is 0 Å². The van der Waals surface area contributed by atoms with E-state index < -0.39 is 0 Å². The number of hydrogen-bond acceptors (Lipinski definition) is 1. The number of aromatic nitrogens is 1. The molecule has 3 aliphatic carbocycles. The minimum Gasteiger partial charge on any atom is -0.310 e. The Labute approximate surface area is 652 Å². The zero-order valence-electron chi connectivity index (χ0n) is 67.0. The normalized spacial score (nSPS) is 13.9. The second-order valence-electron chi connectivity index (χ2n) is 34.1. The molecule has 12 aromatic carbocycles. The van der Waals surface area contributed by atoms with Crippen LogP contribution in [0.25, 0.3) is 105 Å². The van der Waals surface area contributed by atoms with Gasteiger partial charge in [0, 0.05) is 49.8 Å². The minimum absolute atomic E-state index is 0.00117. The first-order valence-electron chi connectivity index (χ1n) is 42.2. The summed E-state index contributed by atoms with van der Waals surface area (Å²) in [6, 6.07) is 93.9. The van der Waals surface area contributed by atoms with Crippen molar-refractivity contribution >= 4 is 38.9 Å². The van der Waals surface area contributed by atoms with Crippen LogP contribution in [-0.2, 0) is 16.2 Å². The van der Waals surface area contributed by atoms with E-state index in [0.29, 0.717) is 0 Å². The van der Waals surface area contributed by atoms with E-state index in [2.05, 4.69) is 321 Å². The first-order valence-corrected chi connectivity index (χ1v) is 42.2. The van der Waals surface area contributed by atoms with E-state index >= 15 is 0 Å². The van der Waals surface area contributed by atoms with E-state index in [1.54, 1.807) is 11.1 Å². The molecule has 13 aromatic rings. The van der Waals surface area contributed by atoms with E-state index in [1.165, 1.54) is 285 Å². The Hall–Kier alpha value is -9.76. The first-order chi connectivity index (χ1) is 53.1. The minimum atomic E-state index is -0.272. The molecule has 2 heteroatoms. The van der Waals surface area contributed by atoms with E-state index in [4.69, 9.17) is 0 Å². The molecule has 2 nitrogen and oxygen atoms in total. The van der Waals surface area contributed by atoms with Gasteiger partial charge >= 0.3 is 0 Å². The summed E-state index contributed by atoms with van der Waals surface area (Å²) < 4.78 is 2.47. The van der Waals surface area contributed by atoms with Crippen molar-refractivity contribution in [3.63, 3.8) is 0 Å². The largest absolute Gasteiger partial charge is 0.310 e. The average molecular weight is 1430 g/mol. The maximum atomic E-state index is 2.73. The molecule has 0 aliphatic heterocycles. The molecule has 0 unspecified atom stereocenters. The van der Waals surface area contributed by atoms with Gasteiger partial charge in [-0.15, -0.1) is 0 Å². The van der Waals surface area contributed by atoms with Gasteiger partial charge in [0.05, 0.1) is 11.0 Å². The summed E-state index contributed by atoms with van der Waals surface area (Å²) in [4.78, 5) is 2.54. The number of benzene rings is 12. The van der Waals surface area contributed by atoms with Crippen molar-refractivity contribution in [3.8, 4) is 83.6 Å². The molecule has 0 N–H and O–H groups in total. The van der Waals surface area contributed by atoms with Crippen LogP contribution in [-0.4, -0.2) is 4.57 Å². The summed E-state index contributed by atoms with van der Waals surface area (Å²) in [5.74, 6) is 0. The second kappa shape index (κ2) is 31.3. The molecule has 3 aliphatic rings. The van der Waals surface area contributed by atoms with Crippen molar-refractivity contribution < 1.29 is 0 Å². The van der Waals surface area contributed by atoms with Gasteiger partial charge in [-0.2, -0.15) is 0 Å². The van der Waals surface area contributed by atoms with Crippen LogP contribution in [0.5, 0.6) is 0 Å². The maximum Gasteiger partial charge on any atom is 0.0547 e. The maximum absolute atomic E-state index is 2.73. The zero-order valence-corrected chi connectivity index (χ0v) is 67.0. The highest BCUT2D eigenvalue weighted by molar-refractivity contribution is 6.10. The molecule has 0 fully saturated rings. The Morgan fingerprint density at radius 3 is 1.31 bits per heavy atom. The predicted molar refractivity (Wildman–Crippen MR) is 470 cm³/mol. The summed E-state index contributed by atoms with van der Waals surface area (Å²) >= 11 is 0. The van der Waals surface area contributed by atoms with Crippen LogP contribution in [0.15, 0.2) is 243 Å². The van der Waals surface area contributed by atoms with Crippen LogP contribution in [0.2, 0.25) is 0 Å². The molecule has 109 heavy (non-hydrogen) atoms. The summed E-state index contributed by atoms with van der Waals surface area (Å²) in [6.07, 6.45) is 29.7. The van der Waals surface area contributed by atoms with Crippen LogP contribution >= 0.6 is 0 Å². The molecule has 0 spiro atoms. The smallest absolute Gasteiger partial charge is 0.0547 e. The lowest BCUT2D eigenvalue weighted by Gasteiger charge is -2.34. The van der Waals surface area contributed by atoms with Crippen LogP contribution in [0.1, 0.15) is 238 Å². The van der Waals surface area contributed by atoms with Crippen molar-refractivity contribution in [1.82, 2.24) is 4.57 Å². The number of unbranched alkanes of at least 4 members (excludes halogenated alkanes) is 18. The SMILES string of the molecule is CCCCCCCCCCCCC1(CCCCCCCCCCCC)c2cc(C)c(C)cc2-c2cc(C)c(-c3ccc4c(c3)C(C)(C)c3cc(N(c5ccc(-c6ccc7c8ccccc8n(-c8cccc(-c9cccc(-c%10ccccc%10)c9)c8)c7c6)cc5)c5ccc6c(c5)C(C)(C)c5cc(C)ccc5-6)ccc3-4)cc21. The quantitative estimate of drug-likeness (QED) is 0.0407. The summed E-state index contributed by atoms with van der Waals surface area (Å²) in [5.41, 5.74) is 39.1. The Balaban J connectivity index is 0.735. The monoisotopic (exact) mass is 1430 g/mol. The highest BCUT2D eigenvalue weighted by Crippen LogP contribution is 2.58. The van der Waals surface area contributed by atoms with Crippen molar-refractivity contribution in [2.75, 3.05) is 4.90 Å². The summed E-state index contributed by atoms with van der Waals surface area (Å²) in [7, 11) is 0. The molecule has 1 aromatic heterocycles. The van der Waals surface area contributed by atoms with Gasteiger partial charge in [-0.25, -0.2) is 0 Å². The van der Waals surface area contributed by atoms with Gasteiger partial charge in [0.25, 0.3) is 0 Å². The molecule has 0 amide bonds. The van der Waals surface area contributed by atoms with Crippen LogP contribution < -0.4 is 4.90 Å². The third-order valence-corrected chi connectivity index (χ3v) is 26.1. The number of anilines is 3. The third-order valence-electron chi connectivity index (χ3n) is 26.1. The van der Waals surface area contributed by atoms with Crippen molar-refractivity contribution in [1.29, 1.82) is 0 Å². The zero-order chi connectivity index (χ0) is 75.0. The molecule has 552 valence electrons. The summed E-state index contributed by atoms with van der Waals surface area (Å²) in [6.45, 7) is 23.8. The number of hydrogen-bond donors (Lipinski definition) is 0. The van der Waals surface area contributed by atoms with Crippen molar-refractivity contribution in [2.24, 2.45) is 0 Å². The fourth-order valence-electron chi connectivity index (χ4n) is 19.7. The Kier molecular flexibility index (Phi) is 21.1. The van der Waals surface area contributed by atoms with Gasteiger partial charge in [-0.05, 0) is 247 Å². The standard InChI is InChI=1S/C107H114N2/c1-11-13-15-17-19-21-23-25-27-34-60-107(61-35-28-26-24-22-20-18-16-14-12-2)101-65-75(5)74(4)63-95(101)96-64-76(6)94(72-102(96)107)83-50-56-89-91-59-54-87(71-100(91)106(9,10)98(89)68-83)108(86-53-58-90-88-55-46-73(3)62-97(88)105(7,8)99(90)70-86)84-51-47-78(48-52-84)82-49-57-93-92-44-32-33-45-103(92)109(104(93)69-82)85-43-37-42-81(67-85)80-41-36-40-79(66-80)77-38-30-29-31-39-77/h29-33,36-59,62-72H,11-28,34-35,60-61H2,1-10H3. The Morgan fingerprint density at radius 1 is 0.266 bits per heavy atom. The molecule has 0 saturated carbocycles. The fraction of sp³-hybridized carbons (Fsp3) is 0.327. The molecule has 0 radical (unpaired) electrons. The van der Waals surface area contributed by atoms with Crippen molar-refractivity contribution in [2.45, 2.75) is 227 Å². The number of nitrogens with zero attached hydrogens (tertiary/aromatic N) is 2. The lowest BCUT2D eigenvalue weighted by molar-refractivity contribution is 0.396. The van der Waals surface area contributed by atoms with E-state index in [0.717, 1.165) is 22.7 Å². The van der Waals surface area contributed by atoms with Crippen LogP contribution in [0, 0.1) is 27.7 Å². The first kappa shape index (κ1) is 73.4. The van der Waals surface area contributed by atoms with Crippen LogP contribution in [0.3, 0.4) is 0 Å². The van der Waals surface area contributed by atoms with Gasteiger partial charge in [-0.3, -0.25) is 0 Å². The highest BCUT2D eigenvalue weighted by Gasteiger charge is 2.44. The number of aryl methyl sites for hydroxylation is 4. The third kappa shape index (κ3) is 14.1. The lowest BCUT2D eigenvalue weighted by atomic mass is 9.69. The van der Waals surface area contributed by atoms with Crippen LogP contribution in [0.4, 0.5) is 17.1 Å². The van der Waals surface area contributed by atoms with Crippen molar-refractivity contribution in [3.05, 3.63) is 298 Å². The number of rotatable bonds is 30. The predicted octanol–water partition coefficient (Wildman–Crippen LogP) is 31.7. The lowest BCUT2D eigenvalue weighted by Crippen LogP contribution is -2.26. The number of fused-ring (bicyclic) bond motifs is 12. The van der Waals surface area contributed by atoms with E-state index in [1.807, 2.05) is 0 Å². The fourth-order valence-corrected chi connectivity index (χ4v) is 19.7. The van der Waals surface area contributed by atoms with E-state index in [-0.39, 0.29) is 16.2 Å². The molecule has 0 bridgehead atoms. The average Bonchev–Trinajstić information content (AvgIpc) is 1.05. The Morgan fingerprint density at radius 2 is 0.697 bits per heavy atom. The molecular weight excluding hydrogens is 1310 g/mol. The molecule has 16 rings (SSSR count). The van der Waals surface area contributed by atoms with Gasteiger partial charge in [0.1, 0.15) is 0 Å². The van der Waals surface area contributed by atoms with Gasteiger partial charge < -0.3 is 9.47 Å². The summed E-state index contributed by atoms with van der Waals surface area (Å²) in [5, 5.41) is 2.49. The molecule has 1 heterocycles. The number of para-hydroxylation sites is 1. The highest BCUT2D eigenvalue weighted by atomic mass is 15.1. The molecular formula is C107H114N2. The molecule has 0 atom stereocenters. The molecule has 0 saturated heterocycles. The van der Waals surface area contributed by atoms with Gasteiger partial charge in [-0.1, -0.05) is 339 Å². The second-order valence-corrected chi connectivity index (χ2v) is 34.1. The Bertz CT molecular complexity index is 5450. The van der Waals surface area contributed by atoms with E-state index in [9.17, 15) is 0 Å².